The van der Waals surface area contributed by atoms with Crippen LogP contribution < -0.4 is 10.2 Å². The summed E-state index contributed by atoms with van der Waals surface area (Å²) in [6.07, 6.45) is 3.46. The maximum absolute atomic E-state index is 11.2. The number of hydrogen-bond donors (Lipinski definition) is 1. The first kappa shape index (κ1) is 12.5. The maximum Gasteiger partial charge on any atom is 0.353 e. The van der Waals surface area contributed by atoms with Crippen LogP contribution in [-0.4, -0.2) is 34.0 Å². The first-order chi connectivity index (χ1) is 8.65. The van der Waals surface area contributed by atoms with Crippen LogP contribution in [0.3, 0.4) is 0 Å². The first-order valence-electron chi connectivity index (χ1n) is 6.15. The van der Waals surface area contributed by atoms with Crippen LogP contribution in [0.1, 0.15) is 26.7 Å². The molecule has 18 heavy (non-hydrogen) atoms. The lowest BCUT2D eigenvalue weighted by Crippen LogP contribution is -2.28. The Morgan fingerprint density at radius 2 is 2.39 bits per heavy atom. The molecule has 7 heteroatoms. The van der Waals surface area contributed by atoms with Crippen LogP contribution in [0.4, 0.5) is 17.3 Å². The van der Waals surface area contributed by atoms with Gasteiger partial charge in [0.25, 0.3) is 0 Å². The minimum atomic E-state index is -0.404. The minimum Gasteiger partial charge on any atom is -0.364 e. The van der Waals surface area contributed by atoms with Crippen LogP contribution in [0, 0.1) is 10.1 Å². The zero-order valence-electron chi connectivity index (χ0n) is 10.6. The second-order valence-electron chi connectivity index (χ2n) is 4.37. The van der Waals surface area contributed by atoms with E-state index in [1.807, 2.05) is 11.8 Å². The molecule has 1 aliphatic rings. The van der Waals surface area contributed by atoms with Gasteiger partial charge in [0.05, 0.1) is 4.92 Å². The number of hydrogen-bond acceptors (Lipinski definition) is 6. The van der Waals surface area contributed by atoms with E-state index in [1.54, 1.807) is 0 Å². The van der Waals surface area contributed by atoms with Crippen LogP contribution in [-0.2, 0) is 0 Å². The summed E-state index contributed by atoms with van der Waals surface area (Å²) in [6.45, 7) is 5.34. The van der Waals surface area contributed by atoms with E-state index in [-0.39, 0.29) is 11.7 Å². The highest BCUT2D eigenvalue weighted by atomic mass is 16.6. The van der Waals surface area contributed by atoms with Crippen molar-refractivity contribution < 1.29 is 4.92 Å². The van der Waals surface area contributed by atoms with Gasteiger partial charge in [0.15, 0.2) is 0 Å². The molecule has 0 aliphatic carbocycles. The van der Waals surface area contributed by atoms with Crippen LogP contribution in [0.25, 0.3) is 0 Å². The van der Waals surface area contributed by atoms with E-state index >= 15 is 0 Å². The van der Waals surface area contributed by atoms with E-state index in [0.29, 0.717) is 18.2 Å². The van der Waals surface area contributed by atoms with Gasteiger partial charge in [-0.25, -0.2) is 9.97 Å². The number of nitrogens with zero attached hydrogens (tertiary/aromatic N) is 4. The Morgan fingerprint density at radius 3 is 2.94 bits per heavy atom. The second-order valence-corrected chi connectivity index (χ2v) is 4.37. The van der Waals surface area contributed by atoms with Crippen LogP contribution in [0.2, 0.25) is 0 Å². The third kappa shape index (κ3) is 2.20. The molecule has 2 heterocycles. The minimum absolute atomic E-state index is 0.0203. The molecule has 0 radical (unpaired) electrons. The molecule has 1 aliphatic heterocycles. The highest BCUT2D eigenvalue weighted by Crippen LogP contribution is 2.35. The predicted molar refractivity (Wildman–Crippen MR) is 68.9 cm³/mol. The first-order valence-corrected chi connectivity index (χ1v) is 6.15. The summed E-state index contributed by atoms with van der Waals surface area (Å²) >= 11 is 0. The Hall–Kier alpha value is -1.92. The molecule has 0 aromatic carbocycles. The van der Waals surface area contributed by atoms with Crippen molar-refractivity contribution in [3.05, 3.63) is 16.4 Å². The van der Waals surface area contributed by atoms with Gasteiger partial charge in [0.1, 0.15) is 6.33 Å². The van der Waals surface area contributed by atoms with Gasteiger partial charge in [0.2, 0.25) is 11.6 Å². The lowest BCUT2D eigenvalue weighted by Gasteiger charge is -2.22. The summed E-state index contributed by atoms with van der Waals surface area (Å²) in [5.74, 6) is 0.725. The molecule has 0 amide bonds. The molecule has 0 bridgehead atoms. The topological polar surface area (TPSA) is 84.2 Å². The van der Waals surface area contributed by atoms with E-state index in [0.717, 1.165) is 19.4 Å². The van der Waals surface area contributed by atoms with Crippen molar-refractivity contribution in [2.75, 3.05) is 23.3 Å². The average molecular weight is 251 g/mol. The summed E-state index contributed by atoms with van der Waals surface area (Å²) in [7, 11) is 0. The number of anilines is 2. The monoisotopic (exact) mass is 251 g/mol. The molecule has 1 unspecified atom stereocenters. The van der Waals surface area contributed by atoms with E-state index in [2.05, 4.69) is 22.2 Å². The Bertz CT molecular complexity index is 451. The Morgan fingerprint density at radius 1 is 1.61 bits per heavy atom. The molecular weight excluding hydrogens is 234 g/mol. The van der Waals surface area contributed by atoms with Crippen LogP contribution in [0.15, 0.2) is 6.33 Å². The number of rotatable bonds is 4. The van der Waals surface area contributed by atoms with Gasteiger partial charge < -0.3 is 10.2 Å². The predicted octanol–water partition coefficient (Wildman–Crippen LogP) is 1.81. The quantitative estimate of drug-likeness (QED) is 0.649. The largest absolute Gasteiger partial charge is 0.364 e. The van der Waals surface area contributed by atoms with Crippen molar-refractivity contribution in [1.82, 2.24) is 9.97 Å². The average Bonchev–Trinajstić information content (AvgIpc) is 2.75. The summed E-state index contributed by atoms with van der Waals surface area (Å²) in [5.41, 5.74) is -0.0203. The standard InChI is InChI=1S/C11H17N5O2/c1-3-12-10-9(16(17)18)11(14-7-13-10)15-6-4-5-8(15)2/h7-8H,3-6H2,1-2H3,(H,12,13,14). The van der Waals surface area contributed by atoms with Gasteiger partial charge >= 0.3 is 5.69 Å². The highest BCUT2D eigenvalue weighted by molar-refractivity contribution is 5.70. The Kier molecular flexibility index (Phi) is 3.59. The van der Waals surface area contributed by atoms with Crippen molar-refractivity contribution in [2.45, 2.75) is 32.7 Å². The lowest BCUT2D eigenvalue weighted by molar-refractivity contribution is -0.383. The smallest absolute Gasteiger partial charge is 0.353 e. The fraction of sp³-hybridized carbons (Fsp3) is 0.636. The molecule has 1 atom stereocenters. The number of nitro groups is 1. The zero-order chi connectivity index (χ0) is 13.1. The zero-order valence-corrected chi connectivity index (χ0v) is 10.6. The molecule has 2 rings (SSSR count). The molecular formula is C11H17N5O2. The molecule has 1 saturated heterocycles. The van der Waals surface area contributed by atoms with Crippen molar-refractivity contribution in [3.63, 3.8) is 0 Å². The highest BCUT2D eigenvalue weighted by Gasteiger charge is 2.31. The van der Waals surface area contributed by atoms with Crippen molar-refractivity contribution in [3.8, 4) is 0 Å². The van der Waals surface area contributed by atoms with Crippen molar-refractivity contribution in [1.29, 1.82) is 0 Å². The van der Waals surface area contributed by atoms with E-state index in [9.17, 15) is 10.1 Å². The van der Waals surface area contributed by atoms with E-state index < -0.39 is 4.92 Å². The Labute approximate surface area is 105 Å². The fourth-order valence-corrected chi connectivity index (χ4v) is 2.29. The maximum atomic E-state index is 11.2. The van der Waals surface area contributed by atoms with Gasteiger partial charge in [-0.3, -0.25) is 10.1 Å². The molecule has 1 aromatic rings. The van der Waals surface area contributed by atoms with Gasteiger partial charge in [0, 0.05) is 19.1 Å². The SMILES string of the molecule is CCNc1ncnc(N2CCCC2C)c1[N+](=O)[O-]. The second kappa shape index (κ2) is 5.16. The van der Waals surface area contributed by atoms with Crippen LogP contribution >= 0.6 is 0 Å². The summed E-state index contributed by atoms with van der Waals surface area (Å²) < 4.78 is 0. The normalized spacial score (nSPS) is 19.0. The molecule has 1 fully saturated rings. The van der Waals surface area contributed by atoms with Crippen LogP contribution in [0.5, 0.6) is 0 Å². The summed E-state index contributed by atoms with van der Waals surface area (Å²) in [4.78, 5) is 20.9. The third-order valence-corrected chi connectivity index (χ3v) is 3.15. The summed E-state index contributed by atoms with van der Waals surface area (Å²) in [5, 5.41) is 14.2. The van der Waals surface area contributed by atoms with E-state index in [1.165, 1.54) is 6.33 Å². The molecule has 98 valence electrons. The third-order valence-electron chi connectivity index (χ3n) is 3.15. The lowest BCUT2D eigenvalue weighted by atomic mass is 10.2. The van der Waals surface area contributed by atoms with Crippen molar-refractivity contribution >= 4 is 17.3 Å². The van der Waals surface area contributed by atoms with Gasteiger partial charge in [-0.15, -0.1) is 0 Å². The number of aromatic nitrogens is 2. The molecule has 1 N–H and O–H groups in total. The molecule has 0 saturated carbocycles. The van der Waals surface area contributed by atoms with E-state index in [4.69, 9.17) is 0 Å². The molecule has 1 aromatic heterocycles. The van der Waals surface area contributed by atoms with Gasteiger partial charge in [-0.2, -0.15) is 0 Å². The van der Waals surface area contributed by atoms with Gasteiger partial charge in [-0.05, 0) is 26.7 Å². The molecule has 7 nitrogen and oxygen atoms in total. The number of nitrogens with one attached hydrogen (secondary N) is 1. The Balaban J connectivity index is 2.45. The molecule has 0 spiro atoms. The fourth-order valence-electron chi connectivity index (χ4n) is 2.29. The van der Waals surface area contributed by atoms with Crippen molar-refractivity contribution in [2.24, 2.45) is 0 Å². The summed E-state index contributed by atoms with van der Waals surface area (Å²) in [6, 6.07) is 0.285. The van der Waals surface area contributed by atoms with Gasteiger partial charge in [-0.1, -0.05) is 0 Å².